The predicted molar refractivity (Wildman–Crippen MR) is 65.9 cm³/mol. The minimum atomic E-state index is 0.767. The van der Waals surface area contributed by atoms with E-state index in [-0.39, 0.29) is 0 Å². The van der Waals surface area contributed by atoms with Crippen LogP contribution >= 0.6 is 0 Å². The van der Waals surface area contributed by atoms with Crippen molar-refractivity contribution in [3.63, 3.8) is 0 Å². The van der Waals surface area contributed by atoms with E-state index in [0.717, 1.165) is 23.8 Å². The fourth-order valence-corrected chi connectivity index (χ4v) is 3.92. The number of piperidine rings is 1. The first-order valence-corrected chi connectivity index (χ1v) is 7.04. The highest BCUT2D eigenvalue weighted by molar-refractivity contribution is 4.85. The fraction of sp³-hybridized carbons (Fsp3) is 1.00. The third-order valence-electron chi connectivity index (χ3n) is 4.76. The van der Waals surface area contributed by atoms with Gasteiger partial charge in [0.05, 0.1) is 0 Å². The smallest absolute Gasteiger partial charge is 0.00414 e. The molecule has 1 heteroatoms. The Labute approximate surface area is 95.0 Å². The first-order valence-electron chi connectivity index (χ1n) is 7.04. The Bertz CT molecular complexity index is 190. The van der Waals surface area contributed by atoms with E-state index in [1.165, 1.54) is 51.5 Å². The van der Waals surface area contributed by atoms with Crippen LogP contribution in [0, 0.1) is 17.8 Å². The minimum Gasteiger partial charge on any atom is -0.314 e. The lowest BCUT2D eigenvalue weighted by Gasteiger charge is -2.40. The van der Waals surface area contributed by atoms with Gasteiger partial charge in [-0.1, -0.05) is 32.6 Å². The second-order valence-corrected chi connectivity index (χ2v) is 5.76. The summed E-state index contributed by atoms with van der Waals surface area (Å²) in [5.74, 6) is 3.15. The second kappa shape index (κ2) is 5.34. The van der Waals surface area contributed by atoms with Crippen LogP contribution in [0.2, 0.25) is 0 Å². The summed E-state index contributed by atoms with van der Waals surface area (Å²) in [7, 11) is 0. The average molecular weight is 209 g/mol. The largest absolute Gasteiger partial charge is 0.314 e. The lowest BCUT2D eigenvalue weighted by molar-refractivity contribution is 0.118. The van der Waals surface area contributed by atoms with Crippen molar-refractivity contribution in [3.8, 4) is 0 Å². The van der Waals surface area contributed by atoms with E-state index in [4.69, 9.17) is 0 Å². The highest BCUT2D eigenvalue weighted by Crippen LogP contribution is 2.40. The van der Waals surface area contributed by atoms with Gasteiger partial charge in [0.25, 0.3) is 0 Å². The first-order chi connectivity index (χ1) is 7.31. The summed E-state index contributed by atoms with van der Waals surface area (Å²) in [6.07, 6.45) is 10.3. The molecule has 2 aliphatic rings. The third-order valence-corrected chi connectivity index (χ3v) is 4.76. The lowest BCUT2D eigenvalue weighted by atomic mass is 9.68. The number of rotatable bonds is 2. The van der Waals surface area contributed by atoms with Crippen LogP contribution in [0.4, 0.5) is 0 Å². The fourth-order valence-electron chi connectivity index (χ4n) is 3.92. The molecule has 0 bridgehead atoms. The van der Waals surface area contributed by atoms with Gasteiger partial charge in [-0.25, -0.2) is 0 Å². The first kappa shape index (κ1) is 11.4. The van der Waals surface area contributed by atoms with Gasteiger partial charge >= 0.3 is 0 Å². The molecule has 1 aliphatic heterocycles. The highest BCUT2D eigenvalue weighted by atomic mass is 14.9. The Morgan fingerprint density at radius 2 is 1.93 bits per heavy atom. The van der Waals surface area contributed by atoms with E-state index < -0.39 is 0 Å². The average Bonchev–Trinajstić information content (AvgIpc) is 2.29. The van der Waals surface area contributed by atoms with Gasteiger partial charge in [0, 0.05) is 6.04 Å². The Balaban J connectivity index is 1.94. The minimum absolute atomic E-state index is 0.767. The number of nitrogens with one attached hydrogen (secondary N) is 1. The summed E-state index contributed by atoms with van der Waals surface area (Å²) < 4.78 is 0. The van der Waals surface area contributed by atoms with Crippen LogP contribution in [0.25, 0.3) is 0 Å². The lowest BCUT2D eigenvalue weighted by Crippen LogP contribution is -2.40. The van der Waals surface area contributed by atoms with Crippen molar-refractivity contribution in [1.82, 2.24) is 5.32 Å². The molecule has 4 unspecified atom stereocenters. The molecule has 0 spiro atoms. The summed E-state index contributed by atoms with van der Waals surface area (Å²) in [6.45, 7) is 6.02. The van der Waals surface area contributed by atoms with Crippen LogP contribution in [-0.2, 0) is 0 Å². The molecular weight excluding hydrogens is 182 g/mol. The standard InChI is InChI=1S/C14H27N/c1-3-12-6-4-5-7-14(12)13-8-9-15-11(2)10-13/h11-15H,3-10H2,1-2H3. The summed E-state index contributed by atoms with van der Waals surface area (Å²) in [6, 6.07) is 0.767. The molecule has 0 amide bonds. The Morgan fingerprint density at radius 3 is 2.67 bits per heavy atom. The van der Waals surface area contributed by atoms with Gasteiger partial charge < -0.3 is 5.32 Å². The van der Waals surface area contributed by atoms with Crippen molar-refractivity contribution in [1.29, 1.82) is 0 Å². The summed E-state index contributed by atoms with van der Waals surface area (Å²) >= 11 is 0. The number of hydrogen-bond acceptors (Lipinski definition) is 1. The van der Waals surface area contributed by atoms with Crippen LogP contribution in [0.3, 0.4) is 0 Å². The predicted octanol–water partition coefficient (Wildman–Crippen LogP) is 3.59. The van der Waals surface area contributed by atoms with Crippen LogP contribution < -0.4 is 5.32 Å². The molecule has 15 heavy (non-hydrogen) atoms. The molecular formula is C14H27N. The van der Waals surface area contributed by atoms with Crippen molar-refractivity contribution in [2.75, 3.05) is 6.54 Å². The van der Waals surface area contributed by atoms with Gasteiger partial charge in [-0.15, -0.1) is 0 Å². The van der Waals surface area contributed by atoms with Crippen LogP contribution in [0.5, 0.6) is 0 Å². The normalized spacial score (nSPS) is 42.8. The molecule has 0 aromatic rings. The molecule has 88 valence electrons. The second-order valence-electron chi connectivity index (χ2n) is 5.76. The monoisotopic (exact) mass is 209 g/mol. The molecule has 1 N–H and O–H groups in total. The van der Waals surface area contributed by atoms with Gasteiger partial charge in [-0.3, -0.25) is 0 Å². The highest BCUT2D eigenvalue weighted by Gasteiger charge is 2.32. The molecule has 2 rings (SSSR count). The van der Waals surface area contributed by atoms with Gasteiger partial charge in [0.2, 0.25) is 0 Å². The van der Waals surface area contributed by atoms with Gasteiger partial charge in [0.15, 0.2) is 0 Å². The number of hydrogen-bond donors (Lipinski definition) is 1. The molecule has 4 atom stereocenters. The van der Waals surface area contributed by atoms with E-state index in [1.54, 1.807) is 0 Å². The SMILES string of the molecule is CCC1CCCCC1C1CCNC(C)C1. The molecule has 1 aliphatic carbocycles. The molecule has 1 nitrogen and oxygen atoms in total. The maximum absolute atomic E-state index is 3.58. The molecule has 1 saturated heterocycles. The topological polar surface area (TPSA) is 12.0 Å². The zero-order valence-corrected chi connectivity index (χ0v) is 10.5. The Kier molecular flexibility index (Phi) is 4.07. The van der Waals surface area contributed by atoms with Gasteiger partial charge in [-0.2, -0.15) is 0 Å². The van der Waals surface area contributed by atoms with Gasteiger partial charge in [-0.05, 0) is 50.5 Å². The molecule has 0 radical (unpaired) electrons. The third kappa shape index (κ3) is 2.75. The van der Waals surface area contributed by atoms with E-state index >= 15 is 0 Å². The van der Waals surface area contributed by atoms with Crippen LogP contribution in [-0.4, -0.2) is 12.6 Å². The zero-order chi connectivity index (χ0) is 10.7. The van der Waals surface area contributed by atoms with Crippen molar-refractivity contribution in [2.45, 2.75) is 64.8 Å². The quantitative estimate of drug-likeness (QED) is 0.733. The molecule has 1 heterocycles. The summed E-state index contributed by atoms with van der Waals surface area (Å²) in [5.41, 5.74) is 0. The van der Waals surface area contributed by atoms with E-state index in [0.29, 0.717) is 0 Å². The van der Waals surface area contributed by atoms with Crippen molar-refractivity contribution >= 4 is 0 Å². The van der Waals surface area contributed by atoms with E-state index in [9.17, 15) is 0 Å². The maximum atomic E-state index is 3.58. The molecule has 2 fully saturated rings. The van der Waals surface area contributed by atoms with Crippen LogP contribution in [0.15, 0.2) is 0 Å². The molecule has 1 saturated carbocycles. The summed E-state index contributed by atoms with van der Waals surface area (Å²) in [4.78, 5) is 0. The van der Waals surface area contributed by atoms with E-state index in [1.807, 2.05) is 0 Å². The molecule has 0 aromatic heterocycles. The van der Waals surface area contributed by atoms with Crippen molar-refractivity contribution < 1.29 is 0 Å². The Hall–Kier alpha value is -0.0400. The van der Waals surface area contributed by atoms with E-state index in [2.05, 4.69) is 19.2 Å². The van der Waals surface area contributed by atoms with Gasteiger partial charge in [0.1, 0.15) is 0 Å². The summed E-state index contributed by atoms with van der Waals surface area (Å²) in [5, 5.41) is 3.58. The zero-order valence-electron chi connectivity index (χ0n) is 10.5. The van der Waals surface area contributed by atoms with Crippen molar-refractivity contribution in [3.05, 3.63) is 0 Å². The van der Waals surface area contributed by atoms with Crippen LogP contribution in [0.1, 0.15) is 58.8 Å². The maximum Gasteiger partial charge on any atom is 0.00414 e. The Morgan fingerprint density at radius 1 is 1.13 bits per heavy atom. The molecule has 0 aromatic carbocycles. The van der Waals surface area contributed by atoms with Crippen molar-refractivity contribution in [2.24, 2.45) is 17.8 Å².